The second kappa shape index (κ2) is 6.86. The van der Waals surface area contributed by atoms with Gasteiger partial charge in [-0.15, -0.1) is 0 Å². The molecule has 0 fully saturated rings. The Hall–Kier alpha value is -2.30. The van der Waals surface area contributed by atoms with Crippen molar-refractivity contribution in [3.63, 3.8) is 0 Å². The van der Waals surface area contributed by atoms with Gasteiger partial charge in [0.15, 0.2) is 0 Å². The second-order valence-electron chi connectivity index (χ2n) is 6.85. The van der Waals surface area contributed by atoms with Crippen LogP contribution in [0, 0.1) is 6.92 Å². The zero-order chi connectivity index (χ0) is 17.0. The minimum Gasteiger partial charge on any atom is -0.443 e. The van der Waals surface area contributed by atoms with Crippen LogP contribution in [0.4, 0.5) is 5.69 Å². The Morgan fingerprint density at radius 3 is 2.65 bits per heavy atom. The zero-order valence-corrected chi connectivity index (χ0v) is 14.3. The van der Waals surface area contributed by atoms with Crippen molar-refractivity contribution in [2.75, 3.05) is 11.4 Å². The normalized spacial score (nSPS) is 11.5. The van der Waals surface area contributed by atoms with E-state index in [1.54, 1.807) is 6.20 Å². The molecule has 0 aliphatic heterocycles. The summed E-state index contributed by atoms with van der Waals surface area (Å²) >= 11 is 0. The zero-order valence-electron chi connectivity index (χ0n) is 14.3. The summed E-state index contributed by atoms with van der Waals surface area (Å²) in [5, 5.41) is 0. The van der Waals surface area contributed by atoms with Crippen LogP contribution in [0.1, 0.15) is 44.4 Å². The monoisotopic (exact) mass is 315 g/mol. The Balaban J connectivity index is 2.20. The number of carbonyl (C=O) groups is 1. The molecule has 0 aliphatic rings. The van der Waals surface area contributed by atoms with Crippen LogP contribution in [-0.2, 0) is 16.8 Å². The van der Waals surface area contributed by atoms with Gasteiger partial charge in [0.05, 0.1) is 12.7 Å². The van der Waals surface area contributed by atoms with Crippen molar-refractivity contribution in [3.8, 4) is 0 Å². The maximum Gasteiger partial charge on any atom is 0.219 e. The molecule has 0 saturated heterocycles. The first kappa shape index (κ1) is 17.1. The molecule has 124 valence electrons. The molecule has 23 heavy (non-hydrogen) atoms. The lowest BCUT2D eigenvalue weighted by atomic mass is 9.94. The van der Waals surface area contributed by atoms with Gasteiger partial charge in [0.25, 0.3) is 0 Å². The third-order valence-electron chi connectivity index (χ3n) is 3.61. The fourth-order valence-corrected chi connectivity index (χ4v) is 2.26. The summed E-state index contributed by atoms with van der Waals surface area (Å²) < 4.78 is 5.87. The first-order chi connectivity index (χ1) is 10.8. The van der Waals surface area contributed by atoms with Gasteiger partial charge in [-0.25, -0.2) is 4.98 Å². The van der Waals surface area contributed by atoms with Crippen LogP contribution in [0.2, 0.25) is 0 Å². The number of amides is 1. The molecule has 0 bridgehead atoms. The van der Waals surface area contributed by atoms with E-state index in [0.717, 1.165) is 17.0 Å². The Labute approximate surface area is 137 Å². The van der Waals surface area contributed by atoms with Gasteiger partial charge in [-0.3, -0.25) is 4.79 Å². The molecule has 1 heterocycles. The van der Waals surface area contributed by atoms with Crippen molar-refractivity contribution in [1.82, 2.24) is 4.98 Å². The molecular weight excluding hydrogens is 290 g/mol. The molecule has 2 aromatic rings. The number of hydrogen-bond donors (Lipinski definition) is 1. The van der Waals surface area contributed by atoms with Gasteiger partial charge in [-0.2, -0.15) is 0 Å². The molecule has 2 N–H and O–H groups in total. The van der Waals surface area contributed by atoms with E-state index in [-0.39, 0.29) is 11.3 Å². The van der Waals surface area contributed by atoms with Crippen LogP contribution in [0.25, 0.3) is 0 Å². The topological polar surface area (TPSA) is 72.4 Å². The van der Waals surface area contributed by atoms with Crippen molar-refractivity contribution in [1.29, 1.82) is 0 Å². The number of oxazole rings is 1. The highest BCUT2D eigenvalue weighted by molar-refractivity contribution is 5.74. The molecule has 0 spiro atoms. The Kier molecular flexibility index (Phi) is 5.08. The van der Waals surface area contributed by atoms with Crippen molar-refractivity contribution in [3.05, 3.63) is 47.7 Å². The number of nitrogens with zero attached hydrogens (tertiary/aromatic N) is 2. The maximum atomic E-state index is 11.1. The Bertz CT molecular complexity index is 671. The van der Waals surface area contributed by atoms with Crippen LogP contribution in [0.15, 0.2) is 34.9 Å². The number of aryl methyl sites for hydroxylation is 1. The second-order valence-corrected chi connectivity index (χ2v) is 6.85. The highest BCUT2D eigenvalue weighted by Crippen LogP contribution is 2.24. The molecule has 1 amide bonds. The number of carbonyl (C=O) groups excluding carboxylic acids is 1. The summed E-state index contributed by atoms with van der Waals surface area (Å²) in [4.78, 5) is 17.6. The molecule has 0 aliphatic carbocycles. The molecule has 0 saturated carbocycles. The number of hydrogen-bond acceptors (Lipinski definition) is 4. The third kappa shape index (κ3) is 4.84. The third-order valence-corrected chi connectivity index (χ3v) is 3.61. The number of nitrogens with two attached hydrogens (primary N) is 1. The summed E-state index contributed by atoms with van der Waals surface area (Å²) in [6.45, 7) is 9.34. The highest BCUT2D eigenvalue weighted by atomic mass is 16.4. The van der Waals surface area contributed by atoms with Gasteiger partial charge in [0.2, 0.25) is 11.8 Å². The van der Waals surface area contributed by atoms with E-state index < -0.39 is 0 Å². The van der Waals surface area contributed by atoms with E-state index in [1.165, 1.54) is 0 Å². The molecule has 2 rings (SSSR count). The predicted molar refractivity (Wildman–Crippen MR) is 91.2 cm³/mol. The first-order valence-corrected chi connectivity index (χ1v) is 7.81. The lowest BCUT2D eigenvalue weighted by Crippen LogP contribution is -2.27. The Morgan fingerprint density at radius 2 is 2.09 bits per heavy atom. The van der Waals surface area contributed by atoms with Gasteiger partial charge in [0, 0.05) is 24.1 Å². The lowest BCUT2D eigenvalue weighted by molar-refractivity contribution is -0.117. The highest BCUT2D eigenvalue weighted by Gasteiger charge is 2.20. The average Bonchev–Trinajstić information content (AvgIpc) is 2.92. The summed E-state index contributed by atoms with van der Waals surface area (Å²) in [5.74, 6) is 1.18. The molecule has 0 radical (unpaired) electrons. The first-order valence-electron chi connectivity index (χ1n) is 7.81. The van der Waals surface area contributed by atoms with E-state index in [4.69, 9.17) is 10.2 Å². The van der Waals surface area contributed by atoms with Crippen LogP contribution >= 0.6 is 0 Å². The average molecular weight is 315 g/mol. The van der Waals surface area contributed by atoms with E-state index in [9.17, 15) is 4.79 Å². The molecule has 0 atom stereocenters. The standard InChI is InChI=1S/C18H25N3O2/c1-13-6-5-7-14(10-13)21(9-8-16(19)22)12-17-20-11-15(23-17)18(2,3)4/h5-7,10-11H,8-9,12H2,1-4H3,(H2,19,22). The smallest absolute Gasteiger partial charge is 0.219 e. The predicted octanol–water partition coefficient (Wildman–Crippen LogP) is 3.16. The van der Waals surface area contributed by atoms with Gasteiger partial charge in [-0.1, -0.05) is 32.9 Å². The molecule has 5 nitrogen and oxygen atoms in total. The van der Waals surface area contributed by atoms with Gasteiger partial charge >= 0.3 is 0 Å². The van der Waals surface area contributed by atoms with Crippen molar-refractivity contribution >= 4 is 11.6 Å². The van der Waals surface area contributed by atoms with Crippen molar-refractivity contribution < 1.29 is 9.21 Å². The minimum absolute atomic E-state index is 0.0767. The van der Waals surface area contributed by atoms with Crippen LogP contribution in [-0.4, -0.2) is 17.4 Å². The summed E-state index contributed by atoms with van der Waals surface area (Å²) in [6, 6.07) is 8.13. The largest absolute Gasteiger partial charge is 0.443 e. The number of anilines is 1. The van der Waals surface area contributed by atoms with E-state index in [1.807, 2.05) is 25.1 Å². The number of benzene rings is 1. The number of rotatable bonds is 6. The van der Waals surface area contributed by atoms with Crippen molar-refractivity contribution in [2.45, 2.75) is 46.1 Å². The van der Waals surface area contributed by atoms with Crippen molar-refractivity contribution in [2.24, 2.45) is 5.73 Å². The molecule has 1 aromatic heterocycles. The molecule has 0 unspecified atom stereocenters. The summed E-state index contributed by atoms with van der Waals surface area (Å²) in [6.07, 6.45) is 2.07. The van der Waals surface area contributed by atoms with Crippen LogP contribution < -0.4 is 10.6 Å². The fraction of sp³-hybridized carbons (Fsp3) is 0.444. The Morgan fingerprint density at radius 1 is 1.35 bits per heavy atom. The SMILES string of the molecule is Cc1cccc(N(CCC(N)=O)Cc2ncc(C(C)(C)C)o2)c1. The number of primary amides is 1. The number of aromatic nitrogens is 1. The van der Waals surface area contributed by atoms with Gasteiger partial charge < -0.3 is 15.1 Å². The summed E-state index contributed by atoms with van der Waals surface area (Å²) in [7, 11) is 0. The minimum atomic E-state index is -0.314. The summed E-state index contributed by atoms with van der Waals surface area (Å²) in [5.41, 5.74) is 7.41. The van der Waals surface area contributed by atoms with Gasteiger partial charge in [0.1, 0.15) is 5.76 Å². The molecule has 5 heteroatoms. The van der Waals surface area contributed by atoms with E-state index in [0.29, 0.717) is 25.4 Å². The molecule has 1 aromatic carbocycles. The lowest BCUT2D eigenvalue weighted by Gasteiger charge is -2.23. The van der Waals surface area contributed by atoms with E-state index >= 15 is 0 Å². The fourth-order valence-electron chi connectivity index (χ4n) is 2.26. The van der Waals surface area contributed by atoms with Gasteiger partial charge in [-0.05, 0) is 24.6 Å². The van der Waals surface area contributed by atoms with Crippen LogP contribution in [0.5, 0.6) is 0 Å². The molecular formula is C18H25N3O2. The maximum absolute atomic E-state index is 11.1. The van der Waals surface area contributed by atoms with Crippen LogP contribution in [0.3, 0.4) is 0 Å². The quantitative estimate of drug-likeness (QED) is 0.888. The van der Waals surface area contributed by atoms with E-state index in [2.05, 4.69) is 36.7 Å².